The lowest BCUT2D eigenvalue weighted by Crippen LogP contribution is -1.77. The Morgan fingerprint density at radius 1 is 0.524 bits per heavy atom. The fourth-order valence-corrected chi connectivity index (χ4v) is 2.72. The molecule has 21 heavy (non-hydrogen) atoms. The smallest absolute Gasteiger partial charge is 0.0358 e. The lowest BCUT2D eigenvalue weighted by Gasteiger charge is -1.96. The van der Waals surface area contributed by atoms with E-state index in [1.165, 1.54) is 77.0 Å². The Morgan fingerprint density at radius 2 is 0.905 bits per heavy atom. The third-order valence-electron chi connectivity index (χ3n) is 3.61. The van der Waals surface area contributed by atoms with Crippen LogP contribution in [0.1, 0.15) is 104 Å². The maximum absolute atomic E-state index is 3.26. The minimum absolute atomic E-state index is 0.534. The first-order chi connectivity index (χ1) is 10.4. The van der Waals surface area contributed by atoms with Gasteiger partial charge in [-0.15, -0.1) is 0 Å². The molecule has 0 aromatic heterocycles. The van der Waals surface area contributed by atoms with E-state index in [9.17, 15) is 0 Å². The van der Waals surface area contributed by atoms with Crippen molar-refractivity contribution in [2.75, 3.05) is 0 Å². The van der Waals surface area contributed by atoms with Crippen LogP contribution in [0.3, 0.4) is 0 Å². The number of rotatable bonds is 12. The highest BCUT2D eigenvalue weighted by atomic mass is 31.1. The second kappa shape index (κ2) is 19.6. The number of unbranched alkanes of at least 4 members (excludes halogenated alkanes) is 12. The molecule has 0 aliphatic rings. The molecule has 0 saturated carbocycles. The summed E-state index contributed by atoms with van der Waals surface area (Å²) in [6.07, 6.45) is 18.4. The Morgan fingerprint density at radius 3 is 1.33 bits per heavy atom. The highest BCUT2D eigenvalue weighted by molar-refractivity contribution is 7.49. The first kappa shape index (κ1) is 20.6. The molecule has 0 atom stereocenters. The van der Waals surface area contributed by atoms with E-state index in [2.05, 4.69) is 37.0 Å². The molecule has 0 fully saturated rings. The third kappa shape index (κ3) is 19.6. The number of hydrogen-bond donors (Lipinski definition) is 0. The predicted molar refractivity (Wildman–Crippen MR) is 99.9 cm³/mol. The Bertz CT molecular complexity index is 278. The SMILES string of the molecule is CCCCCCCCC#CPC#CCCCCCCCC. The Kier molecular flexibility index (Phi) is 19.1. The first-order valence-electron chi connectivity index (χ1n) is 9.12. The average Bonchev–Trinajstić information content (AvgIpc) is 2.50. The van der Waals surface area contributed by atoms with Gasteiger partial charge in [0.1, 0.15) is 0 Å². The van der Waals surface area contributed by atoms with Gasteiger partial charge in [-0.25, -0.2) is 0 Å². The van der Waals surface area contributed by atoms with Crippen molar-refractivity contribution >= 4 is 8.58 Å². The van der Waals surface area contributed by atoms with Gasteiger partial charge in [-0.3, -0.25) is 0 Å². The third-order valence-corrected chi connectivity index (χ3v) is 4.22. The van der Waals surface area contributed by atoms with Crippen LogP contribution < -0.4 is 0 Å². The van der Waals surface area contributed by atoms with Crippen LogP contribution in [0.25, 0.3) is 0 Å². The fourth-order valence-electron chi connectivity index (χ4n) is 2.23. The fraction of sp³-hybridized carbons (Fsp3) is 0.800. The predicted octanol–water partition coefficient (Wildman–Crippen LogP) is 7.09. The molecule has 0 radical (unpaired) electrons. The van der Waals surface area contributed by atoms with Gasteiger partial charge in [0.2, 0.25) is 0 Å². The molecule has 120 valence electrons. The maximum atomic E-state index is 3.26. The zero-order valence-corrected chi connectivity index (χ0v) is 15.4. The molecule has 0 spiro atoms. The van der Waals surface area contributed by atoms with Crippen LogP contribution >= 0.6 is 8.58 Å². The Balaban J connectivity index is 3.23. The highest BCUT2D eigenvalue weighted by Gasteiger charge is 1.88. The Hall–Kier alpha value is -0.450. The van der Waals surface area contributed by atoms with Crippen LogP contribution in [0, 0.1) is 23.2 Å². The van der Waals surface area contributed by atoms with Crippen LogP contribution in [0.5, 0.6) is 0 Å². The summed E-state index contributed by atoms with van der Waals surface area (Å²) in [4.78, 5) is 0. The quantitative estimate of drug-likeness (QED) is 0.205. The van der Waals surface area contributed by atoms with Crippen molar-refractivity contribution in [2.24, 2.45) is 0 Å². The van der Waals surface area contributed by atoms with E-state index in [4.69, 9.17) is 0 Å². The van der Waals surface area contributed by atoms with Crippen molar-refractivity contribution in [3.8, 4) is 23.2 Å². The Labute approximate surface area is 136 Å². The van der Waals surface area contributed by atoms with Crippen LogP contribution in [-0.4, -0.2) is 0 Å². The largest absolute Gasteiger partial charge is 0.0979 e. The highest BCUT2D eigenvalue weighted by Crippen LogP contribution is 2.09. The summed E-state index contributed by atoms with van der Waals surface area (Å²) >= 11 is 0. The lowest BCUT2D eigenvalue weighted by atomic mass is 10.1. The molecule has 0 saturated heterocycles. The van der Waals surface area contributed by atoms with Crippen LogP contribution in [0.4, 0.5) is 0 Å². The molecular formula is C20H35P. The van der Waals surface area contributed by atoms with Gasteiger partial charge in [-0.2, -0.15) is 0 Å². The van der Waals surface area contributed by atoms with Gasteiger partial charge >= 0.3 is 0 Å². The van der Waals surface area contributed by atoms with E-state index < -0.39 is 0 Å². The maximum Gasteiger partial charge on any atom is 0.0358 e. The van der Waals surface area contributed by atoms with E-state index in [0.29, 0.717) is 8.58 Å². The molecule has 0 aromatic carbocycles. The summed E-state index contributed by atoms with van der Waals surface area (Å²) < 4.78 is 0. The van der Waals surface area contributed by atoms with Gasteiger partial charge in [0.15, 0.2) is 0 Å². The first-order valence-corrected chi connectivity index (χ1v) is 10.1. The molecule has 0 amide bonds. The van der Waals surface area contributed by atoms with E-state index >= 15 is 0 Å². The summed E-state index contributed by atoms with van der Waals surface area (Å²) in [7, 11) is 0.534. The molecule has 1 heteroatoms. The molecule has 0 aliphatic carbocycles. The van der Waals surface area contributed by atoms with Crippen molar-refractivity contribution < 1.29 is 0 Å². The van der Waals surface area contributed by atoms with Gasteiger partial charge in [0, 0.05) is 21.4 Å². The summed E-state index contributed by atoms with van der Waals surface area (Å²) in [5, 5.41) is 0. The summed E-state index contributed by atoms with van der Waals surface area (Å²) in [5.41, 5.74) is 6.42. The molecule has 0 rings (SSSR count). The topological polar surface area (TPSA) is 0 Å². The molecule has 0 nitrogen and oxygen atoms in total. The minimum Gasteiger partial charge on any atom is -0.0979 e. The van der Waals surface area contributed by atoms with Gasteiger partial charge in [0.25, 0.3) is 0 Å². The van der Waals surface area contributed by atoms with Gasteiger partial charge < -0.3 is 0 Å². The second-order valence-corrected chi connectivity index (χ2v) is 6.51. The molecule has 0 aromatic rings. The van der Waals surface area contributed by atoms with Crippen molar-refractivity contribution in [2.45, 2.75) is 104 Å². The molecule has 0 heterocycles. The average molecular weight is 306 g/mol. The van der Waals surface area contributed by atoms with Crippen molar-refractivity contribution in [3.05, 3.63) is 0 Å². The lowest BCUT2D eigenvalue weighted by molar-refractivity contribution is 0.614. The zero-order chi connectivity index (χ0) is 15.4. The van der Waals surface area contributed by atoms with Crippen molar-refractivity contribution in [1.82, 2.24) is 0 Å². The van der Waals surface area contributed by atoms with Crippen molar-refractivity contribution in [1.29, 1.82) is 0 Å². The van der Waals surface area contributed by atoms with Gasteiger partial charge in [-0.1, -0.05) is 101 Å². The molecule has 0 unspecified atom stereocenters. The van der Waals surface area contributed by atoms with E-state index in [1.54, 1.807) is 0 Å². The number of hydrogen-bond acceptors (Lipinski definition) is 0. The van der Waals surface area contributed by atoms with E-state index in [1.807, 2.05) is 0 Å². The molecule has 0 N–H and O–H groups in total. The zero-order valence-electron chi connectivity index (χ0n) is 14.4. The van der Waals surface area contributed by atoms with Crippen LogP contribution in [0.2, 0.25) is 0 Å². The molecular weight excluding hydrogens is 271 g/mol. The molecule has 0 bridgehead atoms. The minimum atomic E-state index is 0.534. The van der Waals surface area contributed by atoms with Crippen LogP contribution in [0.15, 0.2) is 0 Å². The van der Waals surface area contributed by atoms with Crippen molar-refractivity contribution in [3.63, 3.8) is 0 Å². The normalized spacial score (nSPS) is 9.62. The van der Waals surface area contributed by atoms with E-state index in [0.717, 1.165) is 12.8 Å². The second-order valence-electron chi connectivity index (χ2n) is 5.76. The summed E-state index contributed by atoms with van der Waals surface area (Å²) in [6, 6.07) is 0. The molecule has 0 aliphatic heterocycles. The standard InChI is InChI=1S/C20H35P/c1-3-5-7-9-11-13-15-17-19-21-20-18-16-14-12-10-8-6-4-2/h21H,3-16H2,1-2H3. The van der Waals surface area contributed by atoms with Gasteiger partial charge in [0.05, 0.1) is 0 Å². The van der Waals surface area contributed by atoms with Crippen LogP contribution in [-0.2, 0) is 0 Å². The summed E-state index contributed by atoms with van der Waals surface area (Å²) in [6.45, 7) is 4.53. The van der Waals surface area contributed by atoms with Gasteiger partial charge in [-0.05, 0) is 12.8 Å². The monoisotopic (exact) mass is 306 g/mol. The van der Waals surface area contributed by atoms with E-state index in [-0.39, 0.29) is 0 Å². The summed E-state index contributed by atoms with van der Waals surface area (Å²) in [5.74, 6) is 6.52.